The van der Waals surface area contributed by atoms with E-state index >= 15 is 0 Å². The van der Waals surface area contributed by atoms with Gasteiger partial charge in [0.05, 0.1) is 32.7 Å². The first-order valence-corrected chi connectivity index (χ1v) is 10.4. The van der Waals surface area contributed by atoms with Crippen LogP contribution in [0.3, 0.4) is 0 Å². The van der Waals surface area contributed by atoms with Crippen molar-refractivity contribution in [1.29, 1.82) is 0 Å². The van der Waals surface area contributed by atoms with E-state index in [1.165, 1.54) is 11.8 Å². The Bertz CT molecular complexity index is 812. The predicted molar refractivity (Wildman–Crippen MR) is 115 cm³/mol. The van der Waals surface area contributed by atoms with Gasteiger partial charge in [-0.05, 0) is 56.7 Å². The molecule has 7 heteroatoms. The van der Waals surface area contributed by atoms with Gasteiger partial charge in [0.25, 0.3) is 0 Å². The number of rotatable bonds is 11. The molecule has 0 aliphatic rings. The molecule has 1 N–H and O–H groups in total. The molecular formula is C22H29NO5S. The minimum absolute atomic E-state index is 0.0448. The molecule has 0 saturated carbocycles. The lowest BCUT2D eigenvalue weighted by molar-refractivity contribution is -0.120. The highest BCUT2D eigenvalue weighted by atomic mass is 32.2. The van der Waals surface area contributed by atoms with Gasteiger partial charge in [-0.15, -0.1) is 11.8 Å². The molecule has 2 aromatic rings. The van der Waals surface area contributed by atoms with Crippen LogP contribution in [0.5, 0.6) is 23.0 Å². The van der Waals surface area contributed by atoms with Crippen LogP contribution < -0.4 is 24.3 Å². The largest absolute Gasteiger partial charge is 0.493 e. The van der Waals surface area contributed by atoms with Gasteiger partial charge in [0.15, 0.2) is 23.0 Å². The number of thioether (sulfide) groups is 1. The van der Waals surface area contributed by atoms with Crippen LogP contribution in [0.15, 0.2) is 41.3 Å². The Labute approximate surface area is 176 Å². The van der Waals surface area contributed by atoms with E-state index in [9.17, 15) is 4.79 Å². The van der Waals surface area contributed by atoms with Gasteiger partial charge in [-0.2, -0.15) is 0 Å². The summed E-state index contributed by atoms with van der Waals surface area (Å²) in [4.78, 5) is 13.5. The van der Waals surface area contributed by atoms with Gasteiger partial charge in [-0.1, -0.05) is 6.07 Å². The average Bonchev–Trinajstić information content (AvgIpc) is 2.73. The molecule has 0 aliphatic carbocycles. The van der Waals surface area contributed by atoms with Crippen molar-refractivity contribution in [2.24, 2.45) is 0 Å². The van der Waals surface area contributed by atoms with E-state index < -0.39 is 0 Å². The number of hydrogen-bond donors (Lipinski definition) is 1. The molecule has 1 unspecified atom stereocenters. The van der Waals surface area contributed by atoms with Crippen LogP contribution in [-0.4, -0.2) is 38.6 Å². The van der Waals surface area contributed by atoms with Gasteiger partial charge < -0.3 is 24.3 Å². The summed E-state index contributed by atoms with van der Waals surface area (Å²) in [6, 6.07) is 11.3. The second-order valence-electron chi connectivity index (χ2n) is 6.14. The fourth-order valence-corrected chi connectivity index (χ4v) is 3.61. The van der Waals surface area contributed by atoms with Gasteiger partial charge in [-0.3, -0.25) is 4.79 Å². The Balaban J connectivity index is 1.97. The monoisotopic (exact) mass is 419 g/mol. The molecule has 29 heavy (non-hydrogen) atoms. The minimum atomic E-state index is -0.262. The maximum absolute atomic E-state index is 12.5. The number of methoxy groups -OCH3 is 2. The lowest BCUT2D eigenvalue weighted by Crippen LogP contribution is -2.30. The van der Waals surface area contributed by atoms with Crippen molar-refractivity contribution in [3.8, 4) is 23.0 Å². The molecule has 0 aromatic heterocycles. The van der Waals surface area contributed by atoms with E-state index in [4.69, 9.17) is 18.9 Å². The van der Waals surface area contributed by atoms with E-state index in [1.54, 1.807) is 14.2 Å². The third-order valence-electron chi connectivity index (χ3n) is 4.11. The molecule has 158 valence electrons. The van der Waals surface area contributed by atoms with Crippen molar-refractivity contribution < 1.29 is 23.7 Å². The summed E-state index contributed by atoms with van der Waals surface area (Å²) >= 11 is 1.46. The Hall–Kier alpha value is -2.54. The molecule has 0 heterocycles. The third-order valence-corrected chi connectivity index (χ3v) is 5.21. The first kappa shape index (κ1) is 22.7. The van der Waals surface area contributed by atoms with Gasteiger partial charge in [0.1, 0.15) is 0 Å². The highest BCUT2D eigenvalue weighted by Crippen LogP contribution is 2.33. The molecule has 1 atom stereocenters. The highest BCUT2D eigenvalue weighted by molar-refractivity contribution is 8.00. The quantitative estimate of drug-likeness (QED) is 0.548. The maximum atomic E-state index is 12.5. The maximum Gasteiger partial charge on any atom is 0.233 e. The van der Waals surface area contributed by atoms with Gasteiger partial charge in [-0.25, -0.2) is 0 Å². The van der Waals surface area contributed by atoms with Gasteiger partial charge in [0.2, 0.25) is 5.91 Å². The number of amides is 1. The average molecular weight is 420 g/mol. The van der Waals surface area contributed by atoms with Crippen LogP contribution in [0.1, 0.15) is 26.3 Å². The second-order valence-corrected chi connectivity index (χ2v) is 7.56. The zero-order chi connectivity index (χ0) is 21.2. The normalized spacial score (nSPS) is 11.5. The van der Waals surface area contributed by atoms with Crippen LogP contribution in [0.25, 0.3) is 0 Å². The molecule has 0 saturated heterocycles. The Morgan fingerprint density at radius 1 is 0.931 bits per heavy atom. The molecule has 1 amide bonds. The fraction of sp³-hybridized carbons (Fsp3) is 0.409. The molecule has 2 aromatic carbocycles. The van der Waals surface area contributed by atoms with Crippen molar-refractivity contribution in [1.82, 2.24) is 5.32 Å². The number of nitrogens with one attached hydrogen (secondary N) is 1. The minimum Gasteiger partial charge on any atom is -0.493 e. The summed E-state index contributed by atoms with van der Waals surface area (Å²) in [6.45, 7) is 7.27. The summed E-state index contributed by atoms with van der Waals surface area (Å²) in [5, 5.41) is 2.72. The molecule has 2 rings (SSSR count). The first-order valence-electron chi connectivity index (χ1n) is 9.57. The first-order chi connectivity index (χ1) is 14.0. The Morgan fingerprint density at radius 2 is 1.59 bits per heavy atom. The van der Waals surface area contributed by atoms with Gasteiger partial charge >= 0.3 is 0 Å². The zero-order valence-electron chi connectivity index (χ0n) is 17.6. The van der Waals surface area contributed by atoms with Crippen molar-refractivity contribution in [2.75, 3.05) is 27.4 Å². The lowest BCUT2D eigenvalue weighted by Gasteiger charge is -2.15. The van der Waals surface area contributed by atoms with Crippen molar-refractivity contribution in [3.05, 3.63) is 42.0 Å². The van der Waals surface area contributed by atoms with E-state index in [0.29, 0.717) is 42.8 Å². The standard InChI is InChI=1S/C22H29NO5S/c1-6-27-19-10-8-16(12-21(19)28-7-2)14-23-22(24)15(3)29-17-9-11-18(25-4)20(13-17)26-5/h8-13,15H,6-7,14H2,1-5H3,(H,23,24). The highest BCUT2D eigenvalue weighted by Gasteiger charge is 2.16. The van der Waals surface area contributed by atoms with Crippen LogP contribution in [0, 0.1) is 0 Å². The van der Waals surface area contributed by atoms with E-state index in [0.717, 1.165) is 10.5 Å². The number of ether oxygens (including phenoxy) is 4. The number of carbonyl (C=O) groups excluding carboxylic acids is 1. The smallest absolute Gasteiger partial charge is 0.233 e. The number of benzene rings is 2. The van der Waals surface area contributed by atoms with E-state index in [1.807, 2.05) is 57.2 Å². The second kappa shape index (κ2) is 11.5. The van der Waals surface area contributed by atoms with Crippen molar-refractivity contribution in [3.63, 3.8) is 0 Å². The van der Waals surface area contributed by atoms with Crippen LogP contribution in [0.2, 0.25) is 0 Å². The molecule has 0 bridgehead atoms. The van der Waals surface area contributed by atoms with Crippen LogP contribution in [0.4, 0.5) is 0 Å². The molecule has 0 spiro atoms. The van der Waals surface area contributed by atoms with E-state index in [2.05, 4.69) is 5.32 Å². The molecule has 0 radical (unpaired) electrons. The van der Waals surface area contributed by atoms with Crippen LogP contribution >= 0.6 is 11.8 Å². The fourth-order valence-electron chi connectivity index (χ4n) is 2.69. The lowest BCUT2D eigenvalue weighted by atomic mass is 10.2. The number of carbonyl (C=O) groups is 1. The molecular weight excluding hydrogens is 390 g/mol. The molecule has 6 nitrogen and oxygen atoms in total. The van der Waals surface area contributed by atoms with Crippen molar-refractivity contribution in [2.45, 2.75) is 37.5 Å². The molecule has 0 fully saturated rings. The summed E-state index contributed by atoms with van der Waals surface area (Å²) in [7, 11) is 3.19. The summed E-state index contributed by atoms with van der Waals surface area (Å²) < 4.78 is 21.8. The zero-order valence-corrected chi connectivity index (χ0v) is 18.4. The summed E-state index contributed by atoms with van der Waals surface area (Å²) in [5.74, 6) is 2.66. The van der Waals surface area contributed by atoms with Crippen molar-refractivity contribution >= 4 is 17.7 Å². The number of hydrogen-bond acceptors (Lipinski definition) is 6. The third kappa shape index (κ3) is 6.49. The van der Waals surface area contributed by atoms with Crippen LogP contribution in [-0.2, 0) is 11.3 Å². The SMILES string of the molecule is CCOc1ccc(CNC(=O)C(C)Sc2ccc(OC)c(OC)c2)cc1OCC. The predicted octanol–water partition coefficient (Wildman–Crippen LogP) is 4.30. The molecule has 0 aliphatic heterocycles. The summed E-state index contributed by atoms with van der Waals surface area (Å²) in [5.41, 5.74) is 0.952. The Kier molecular flexibility index (Phi) is 8.99. The topological polar surface area (TPSA) is 66.0 Å². The van der Waals surface area contributed by atoms with Gasteiger partial charge in [0, 0.05) is 11.4 Å². The summed E-state index contributed by atoms with van der Waals surface area (Å²) in [6.07, 6.45) is 0. The Morgan fingerprint density at radius 3 is 2.24 bits per heavy atom. The van der Waals surface area contributed by atoms with E-state index in [-0.39, 0.29) is 11.2 Å².